The maximum atomic E-state index is 5.65. The van der Waals surface area contributed by atoms with Gasteiger partial charge in [-0.25, -0.2) is 0 Å². The van der Waals surface area contributed by atoms with Crippen LogP contribution in [0.25, 0.3) is 0 Å². The van der Waals surface area contributed by atoms with Crippen molar-refractivity contribution in [3.8, 4) is 5.75 Å². The van der Waals surface area contributed by atoms with Crippen molar-refractivity contribution in [1.29, 1.82) is 0 Å². The average Bonchev–Trinajstić information content (AvgIpc) is 2.41. The van der Waals surface area contributed by atoms with Crippen LogP contribution in [-0.4, -0.2) is 27.4 Å². The zero-order valence-electron chi connectivity index (χ0n) is 13.7. The molecule has 0 aliphatic carbocycles. The Hall–Kier alpha value is -1.06. The Balaban J connectivity index is 3.05. The van der Waals surface area contributed by atoms with Crippen LogP contribution in [-0.2, 0) is 4.74 Å². The second kappa shape index (κ2) is 8.28. The molecule has 2 unspecified atom stereocenters. The largest absolute Gasteiger partial charge is 0.496 e. The number of nitrogens with one attached hydrogen (secondary N) is 1. The minimum absolute atomic E-state index is 0.305. The number of aryl methyl sites for hydroxylation is 1. The van der Waals surface area contributed by atoms with Gasteiger partial charge in [-0.1, -0.05) is 26.0 Å². The Morgan fingerprint density at radius 2 is 1.90 bits per heavy atom. The van der Waals surface area contributed by atoms with Gasteiger partial charge in [-0.05, 0) is 43.9 Å². The van der Waals surface area contributed by atoms with E-state index in [0.717, 1.165) is 25.3 Å². The van der Waals surface area contributed by atoms with Crippen LogP contribution in [0.1, 0.15) is 43.0 Å². The maximum Gasteiger partial charge on any atom is 0.126 e. The second-order valence-electron chi connectivity index (χ2n) is 5.54. The quantitative estimate of drug-likeness (QED) is 0.788. The first-order valence-corrected chi connectivity index (χ1v) is 7.41. The topological polar surface area (TPSA) is 30.5 Å². The van der Waals surface area contributed by atoms with Crippen molar-refractivity contribution < 1.29 is 9.47 Å². The molecule has 0 bridgehead atoms. The number of hydrogen-bond donors (Lipinski definition) is 1. The summed E-state index contributed by atoms with van der Waals surface area (Å²) in [6.07, 6.45) is 1.04. The van der Waals surface area contributed by atoms with Gasteiger partial charge < -0.3 is 14.8 Å². The van der Waals surface area contributed by atoms with E-state index in [2.05, 4.69) is 45.1 Å². The molecule has 0 heterocycles. The predicted molar refractivity (Wildman–Crippen MR) is 84.5 cm³/mol. The summed E-state index contributed by atoms with van der Waals surface area (Å²) in [7, 11) is 3.52. The molecule has 0 aliphatic rings. The molecule has 114 valence electrons. The Bertz CT molecular complexity index is 418. The van der Waals surface area contributed by atoms with Crippen LogP contribution >= 0.6 is 0 Å². The highest BCUT2D eigenvalue weighted by atomic mass is 16.5. The van der Waals surface area contributed by atoms with E-state index >= 15 is 0 Å². The summed E-state index contributed by atoms with van der Waals surface area (Å²) in [6.45, 7) is 10.3. The van der Waals surface area contributed by atoms with E-state index in [4.69, 9.17) is 9.47 Å². The number of hydrogen-bond acceptors (Lipinski definition) is 3. The molecule has 1 aromatic rings. The van der Waals surface area contributed by atoms with Crippen LogP contribution in [0, 0.1) is 19.8 Å². The Kier molecular flexibility index (Phi) is 7.03. The van der Waals surface area contributed by atoms with Gasteiger partial charge in [-0.15, -0.1) is 0 Å². The summed E-state index contributed by atoms with van der Waals surface area (Å²) in [4.78, 5) is 0. The molecule has 3 heteroatoms. The molecule has 20 heavy (non-hydrogen) atoms. The molecule has 2 atom stereocenters. The molecule has 0 aliphatic heterocycles. The van der Waals surface area contributed by atoms with Gasteiger partial charge in [0.25, 0.3) is 0 Å². The first kappa shape index (κ1) is 17.0. The van der Waals surface area contributed by atoms with Crippen molar-refractivity contribution in [3.63, 3.8) is 0 Å². The molecule has 0 fully saturated rings. The highest BCUT2D eigenvalue weighted by Gasteiger charge is 2.20. The van der Waals surface area contributed by atoms with E-state index in [1.807, 2.05) is 0 Å². The molecular formula is C17H29NO2. The average molecular weight is 279 g/mol. The van der Waals surface area contributed by atoms with Gasteiger partial charge in [0, 0.05) is 25.3 Å². The Morgan fingerprint density at radius 1 is 1.20 bits per heavy atom. The SMILES string of the molecule is CCNC(CC(C)COC)c1ccc(C)c(C)c1OC. The van der Waals surface area contributed by atoms with Gasteiger partial charge in [0.05, 0.1) is 7.11 Å². The monoisotopic (exact) mass is 279 g/mol. The normalized spacial score (nSPS) is 14.1. The zero-order valence-corrected chi connectivity index (χ0v) is 13.7. The van der Waals surface area contributed by atoms with E-state index < -0.39 is 0 Å². The van der Waals surface area contributed by atoms with Crippen LogP contribution in [0.3, 0.4) is 0 Å². The molecule has 0 amide bonds. The van der Waals surface area contributed by atoms with Gasteiger partial charge in [0.15, 0.2) is 0 Å². The fourth-order valence-corrected chi connectivity index (χ4v) is 2.68. The molecule has 3 nitrogen and oxygen atoms in total. The smallest absolute Gasteiger partial charge is 0.126 e. The third-order valence-electron chi connectivity index (χ3n) is 3.83. The lowest BCUT2D eigenvalue weighted by Crippen LogP contribution is -2.24. The Labute approximate surface area is 123 Å². The Morgan fingerprint density at radius 3 is 2.45 bits per heavy atom. The summed E-state index contributed by atoms with van der Waals surface area (Å²) in [5.74, 6) is 1.52. The first-order chi connectivity index (χ1) is 9.54. The van der Waals surface area contributed by atoms with Crippen molar-refractivity contribution >= 4 is 0 Å². The van der Waals surface area contributed by atoms with Crippen LogP contribution < -0.4 is 10.1 Å². The summed E-state index contributed by atoms with van der Waals surface area (Å²) < 4.78 is 10.9. The van der Waals surface area contributed by atoms with E-state index in [1.165, 1.54) is 16.7 Å². The van der Waals surface area contributed by atoms with Crippen LogP contribution in [0.5, 0.6) is 5.75 Å². The summed E-state index contributed by atoms with van der Waals surface area (Å²) >= 11 is 0. The highest BCUT2D eigenvalue weighted by Crippen LogP contribution is 2.33. The standard InChI is InChI=1S/C17H29NO2/c1-7-18-16(10-12(2)11-19-5)15-9-8-13(3)14(4)17(15)20-6/h8-9,12,16,18H,7,10-11H2,1-6H3. The summed E-state index contributed by atoms with van der Waals surface area (Å²) in [5, 5.41) is 3.57. The van der Waals surface area contributed by atoms with Gasteiger partial charge in [-0.2, -0.15) is 0 Å². The van der Waals surface area contributed by atoms with E-state index in [-0.39, 0.29) is 0 Å². The molecule has 0 saturated carbocycles. The summed E-state index contributed by atoms with van der Waals surface area (Å²) in [5.41, 5.74) is 3.75. The maximum absolute atomic E-state index is 5.65. The third-order valence-corrected chi connectivity index (χ3v) is 3.83. The fourth-order valence-electron chi connectivity index (χ4n) is 2.68. The van der Waals surface area contributed by atoms with E-state index in [9.17, 15) is 0 Å². The van der Waals surface area contributed by atoms with Crippen molar-refractivity contribution in [2.24, 2.45) is 5.92 Å². The lowest BCUT2D eigenvalue weighted by Gasteiger charge is -2.25. The highest BCUT2D eigenvalue weighted by molar-refractivity contribution is 5.46. The van der Waals surface area contributed by atoms with Crippen molar-refractivity contribution in [1.82, 2.24) is 5.32 Å². The molecule has 1 N–H and O–H groups in total. The molecule has 0 spiro atoms. The predicted octanol–water partition coefficient (Wildman–Crippen LogP) is 3.64. The molecule has 0 saturated heterocycles. The van der Waals surface area contributed by atoms with Crippen molar-refractivity contribution in [2.75, 3.05) is 27.4 Å². The van der Waals surface area contributed by atoms with E-state index in [1.54, 1.807) is 14.2 Å². The molecule has 0 aromatic heterocycles. The fraction of sp³-hybridized carbons (Fsp3) is 0.647. The first-order valence-electron chi connectivity index (χ1n) is 7.41. The van der Waals surface area contributed by atoms with Crippen molar-refractivity contribution in [2.45, 2.75) is 40.2 Å². The minimum atomic E-state index is 0.305. The van der Waals surface area contributed by atoms with Gasteiger partial charge >= 0.3 is 0 Å². The van der Waals surface area contributed by atoms with Gasteiger partial charge in [0.1, 0.15) is 5.75 Å². The lowest BCUT2D eigenvalue weighted by atomic mass is 9.93. The van der Waals surface area contributed by atoms with Gasteiger partial charge in [0.2, 0.25) is 0 Å². The van der Waals surface area contributed by atoms with Crippen molar-refractivity contribution in [3.05, 3.63) is 28.8 Å². The number of rotatable bonds is 8. The molecule has 0 radical (unpaired) electrons. The molecular weight excluding hydrogens is 250 g/mol. The number of ether oxygens (including phenoxy) is 2. The second-order valence-corrected chi connectivity index (χ2v) is 5.54. The third kappa shape index (κ3) is 4.22. The van der Waals surface area contributed by atoms with Crippen LogP contribution in [0.4, 0.5) is 0 Å². The van der Waals surface area contributed by atoms with Gasteiger partial charge in [-0.3, -0.25) is 0 Å². The molecule has 1 rings (SSSR count). The summed E-state index contributed by atoms with van der Waals surface area (Å²) in [6, 6.07) is 4.67. The number of benzene rings is 1. The van der Waals surface area contributed by atoms with Crippen LogP contribution in [0.15, 0.2) is 12.1 Å². The lowest BCUT2D eigenvalue weighted by molar-refractivity contribution is 0.149. The van der Waals surface area contributed by atoms with Crippen LogP contribution in [0.2, 0.25) is 0 Å². The van der Waals surface area contributed by atoms with E-state index in [0.29, 0.717) is 12.0 Å². The molecule has 1 aromatic carbocycles. The zero-order chi connectivity index (χ0) is 15.1. The minimum Gasteiger partial charge on any atom is -0.496 e. The number of methoxy groups -OCH3 is 2.